The van der Waals surface area contributed by atoms with Crippen LogP contribution in [0.1, 0.15) is 17.7 Å². The molecule has 27 heavy (non-hydrogen) atoms. The van der Waals surface area contributed by atoms with Crippen LogP contribution in [0.15, 0.2) is 59.1 Å². The van der Waals surface area contributed by atoms with Crippen molar-refractivity contribution in [1.29, 1.82) is 0 Å². The quantitative estimate of drug-likeness (QED) is 0.696. The molecule has 0 saturated heterocycles. The lowest BCUT2D eigenvalue weighted by Gasteiger charge is -2.05. The number of carbonyl (C=O) groups excluding carboxylic acids is 1. The van der Waals surface area contributed by atoms with Gasteiger partial charge in [-0.3, -0.25) is 4.79 Å². The minimum atomic E-state index is 0.0134. The SMILES string of the molecule is O=C(CCc1ccc2c(c1)OCO2)NCCc1cc(-c2ccccc2)on1. The molecule has 1 aliphatic heterocycles. The van der Waals surface area contributed by atoms with Crippen LogP contribution in [0.25, 0.3) is 11.3 Å². The summed E-state index contributed by atoms with van der Waals surface area (Å²) in [5.74, 6) is 2.25. The Bertz CT molecular complexity index is 921. The molecule has 0 radical (unpaired) electrons. The van der Waals surface area contributed by atoms with Crippen molar-refractivity contribution in [3.63, 3.8) is 0 Å². The number of nitrogens with one attached hydrogen (secondary N) is 1. The van der Waals surface area contributed by atoms with E-state index in [2.05, 4.69) is 10.5 Å². The number of hydrogen-bond acceptors (Lipinski definition) is 5. The van der Waals surface area contributed by atoms with Gasteiger partial charge in [0.25, 0.3) is 0 Å². The van der Waals surface area contributed by atoms with E-state index >= 15 is 0 Å². The Balaban J connectivity index is 1.21. The van der Waals surface area contributed by atoms with Crippen LogP contribution in [0.3, 0.4) is 0 Å². The van der Waals surface area contributed by atoms with Crippen LogP contribution < -0.4 is 14.8 Å². The maximum Gasteiger partial charge on any atom is 0.231 e. The zero-order chi connectivity index (χ0) is 18.5. The first-order chi connectivity index (χ1) is 13.3. The zero-order valence-electron chi connectivity index (χ0n) is 14.8. The molecule has 0 bridgehead atoms. The lowest BCUT2D eigenvalue weighted by Crippen LogP contribution is -2.25. The van der Waals surface area contributed by atoms with Gasteiger partial charge in [0, 0.05) is 31.0 Å². The molecule has 6 heteroatoms. The number of hydrogen-bond donors (Lipinski definition) is 1. The Morgan fingerprint density at radius 1 is 1.00 bits per heavy atom. The maximum absolute atomic E-state index is 12.1. The number of benzene rings is 2. The topological polar surface area (TPSA) is 73.6 Å². The minimum absolute atomic E-state index is 0.0134. The number of rotatable bonds is 7. The summed E-state index contributed by atoms with van der Waals surface area (Å²) in [4.78, 5) is 12.1. The first kappa shape index (κ1) is 17.1. The molecule has 3 aromatic rings. The molecule has 0 saturated carbocycles. The Morgan fingerprint density at radius 2 is 1.85 bits per heavy atom. The van der Waals surface area contributed by atoms with E-state index in [9.17, 15) is 4.79 Å². The number of ether oxygens (including phenoxy) is 2. The van der Waals surface area contributed by atoms with E-state index in [0.717, 1.165) is 34.1 Å². The van der Waals surface area contributed by atoms with Crippen molar-refractivity contribution in [2.24, 2.45) is 0 Å². The second kappa shape index (κ2) is 7.95. The summed E-state index contributed by atoms with van der Waals surface area (Å²) >= 11 is 0. The Hall–Kier alpha value is -3.28. The second-order valence-electron chi connectivity index (χ2n) is 6.34. The number of amides is 1. The molecule has 1 aromatic heterocycles. The van der Waals surface area contributed by atoms with Gasteiger partial charge in [0.05, 0.1) is 5.69 Å². The number of aryl methyl sites for hydroxylation is 1. The molecule has 0 fully saturated rings. The summed E-state index contributed by atoms with van der Waals surface area (Å²) in [6.45, 7) is 0.786. The molecule has 138 valence electrons. The van der Waals surface area contributed by atoms with Crippen molar-refractivity contribution in [1.82, 2.24) is 10.5 Å². The van der Waals surface area contributed by atoms with Crippen LogP contribution in [-0.2, 0) is 17.6 Å². The van der Waals surface area contributed by atoms with E-state index in [4.69, 9.17) is 14.0 Å². The highest BCUT2D eigenvalue weighted by Crippen LogP contribution is 2.32. The van der Waals surface area contributed by atoms with E-state index in [0.29, 0.717) is 25.8 Å². The third kappa shape index (κ3) is 4.28. The summed E-state index contributed by atoms with van der Waals surface area (Å²) in [6.07, 6.45) is 1.71. The molecule has 1 aliphatic rings. The molecule has 0 aliphatic carbocycles. The molecule has 0 unspecified atom stereocenters. The number of fused-ring (bicyclic) bond motifs is 1. The first-order valence-electron chi connectivity index (χ1n) is 8.94. The third-order valence-electron chi connectivity index (χ3n) is 4.40. The molecule has 2 heterocycles. The average Bonchev–Trinajstić information content (AvgIpc) is 3.36. The highest BCUT2D eigenvalue weighted by atomic mass is 16.7. The van der Waals surface area contributed by atoms with Crippen LogP contribution in [0.5, 0.6) is 11.5 Å². The second-order valence-corrected chi connectivity index (χ2v) is 6.34. The minimum Gasteiger partial charge on any atom is -0.454 e. The van der Waals surface area contributed by atoms with Crippen LogP contribution in [0, 0.1) is 0 Å². The Kier molecular flexibility index (Phi) is 5.05. The van der Waals surface area contributed by atoms with Crippen molar-refractivity contribution in [2.45, 2.75) is 19.3 Å². The van der Waals surface area contributed by atoms with Crippen molar-refractivity contribution >= 4 is 5.91 Å². The van der Waals surface area contributed by atoms with Gasteiger partial charge in [0.2, 0.25) is 12.7 Å². The monoisotopic (exact) mass is 364 g/mol. The standard InChI is InChI=1S/C21H20N2O4/c24-21(9-7-15-6-8-18-20(12-15)26-14-25-18)22-11-10-17-13-19(27-23-17)16-4-2-1-3-5-16/h1-6,8,12-13H,7,9-11,14H2,(H,22,24). The van der Waals surface area contributed by atoms with Gasteiger partial charge in [-0.25, -0.2) is 0 Å². The summed E-state index contributed by atoms with van der Waals surface area (Å²) in [5.41, 5.74) is 2.87. The van der Waals surface area contributed by atoms with Crippen LogP contribution in [-0.4, -0.2) is 24.4 Å². The van der Waals surface area contributed by atoms with Crippen molar-refractivity contribution in [3.05, 3.63) is 65.9 Å². The summed E-state index contributed by atoms with van der Waals surface area (Å²) in [5, 5.41) is 6.99. The van der Waals surface area contributed by atoms with Gasteiger partial charge in [-0.2, -0.15) is 0 Å². The molecule has 6 nitrogen and oxygen atoms in total. The van der Waals surface area contributed by atoms with Crippen LogP contribution in [0.2, 0.25) is 0 Å². The van der Waals surface area contributed by atoms with Gasteiger partial charge in [0.15, 0.2) is 17.3 Å². The number of carbonyl (C=O) groups is 1. The number of aromatic nitrogens is 1. The van der Waals surface area contributed by atoms with Gasteiger partial charge in [0.1, 0.15) is 0 Å². The fraction of sp³-hybridized carbons (Fsp3) is 0.238. The molecule has 1 amide bonds. The lowest BCUT2D eigenvalue weighted by atomic mass is 10.1. The maximum atomic E-state index is 12.1. The van der Waals surface area contributed by atoms with E-state index in [1.165, 1.54) is 0 Å². The smallest absolute Gasteiger partial charge is 0.231 e. The summed E-state index contributed by atoms with van der Waals surface area (Å²) in [7, 11) is 0. The van der Waals surface area contributed by atoms with Gasteiger partial charge in [-0.15, -0.1) is 0 Å². The van der Waals surface area contributed by atoms with Crippen molar-refractivity contribution < 1.29 is 18.8 Å². The molecule has 0 atom stereocenters. The molecular weight excluding hydrogens is 344 g/mol. The summed E-state index contributed by atoms with van der Waals surface area (Å²) < 4.78 is 16.0. The van der Waals surface area contributed by atoms with Crippen molar-refractivity contribution in [3.8, 4) is 22.8 Å². The molecular formula is C21H20N2O4. The number of nitrogens with zero attached hydrogens (tertiary/aromatic N) is 1. The predicted molar refractivity (Wildman–Crippen MR) is 99.5 cm³/mol. The molecule has 2 aromatic carbocycles. The average molecular weight is 364 g/mol. The lowest BCUT2D eigenvalue weighted by molar-refractivity contribution is -0.121. The third-order valence-corrected chi connectivity index (χ3v) is 4.40. The van der Waals surface area contributed by atoms with Gasteiger partial charge in [-0.1, -0.05) is 41.6 Å². The molecule has 4 rings (SSSR count). The van der Waals surface area contributed by atoms with Crippen LogP contribution >= 0.6 is 0 Å². The van der Waals surface area contributed by atoms with Gasteiger partial charge >= 0.3 is 0 Å². The Morgan fingerprint density at radius 3 is 2.74 bits per heavy atom. The fourth-order valence-electron chi connectivity index (χ4n) is 2.94. The van der Waals surface area contributed by atoms with Gasteiger partial charge in [-0.05, 0) is 24.1 Å². The zero-order valence-corrected chi connectivity index (χ0v) is 14.8. The fourth-order valence-corrected chi connectivity index (χ4v) is 2.94. The summed E-state index contributed by atoms with van der Waals surface area (Å²) in [6, 6.07) is 17.5. The van der Waals surface area contributed by atoms with Crippen molar-refractivity contribution in [2.75, 3.05) is 13.3 Å². The van der Waals surface area contributed by atoms with Crippen LogP contribution in [0.4, 0.5) is 0 Å². The van der Waals surface area contributed by atoms with Gasteiger partial charge < -0.3 is 19.3 Å². The first-order valence-corrected chi connectivity index (χ1v) is 8.94. The van der Waals surface area contributed by atoms with E-state index < -0.39 is 0 Å². The van der Waals surface area contributed by atoms with E-state index in [-0.39, 0.29) is 12.7 Å². The Labute approximate surface area is 157 Å². The van der Waals surface area contributed by atoms with E-state index in [1.807, 2.05) is 54.6 Å². The largest absolute Gasteiger partial charge is 0.454 e. The highest BCUT2D eigenvalue weighted by Gasteiger charge is 2.13. The molecule has 0 spiro atoms. The molecule has 1 N–H and O–H groups in total. The highest BCUT2D eigenvalue weighted by molar-refractivity contribution is 5.76. The predicted octanol–water partition coefficient (Wildman–Crippen LogP) is 3.36. The van der Waals surface area contributed by atoms with E-state index in [1.54, 1.807) is 0 Å². The normalized spacial score (nSPS) is 12.1.